The van der Waals surface area contributed by atoms with Crippen molar-refractivity contribution in [3.8, 4) is 5.75 Å². The van der Waals surface area contributed by atoms with Gasteiger partial charge in [-0.3, -0.25) is 14.4 Å². The fraction of sp³-hybridized carbons (Fsp3) is 0.321. The highest BCUT2D eigenvalue weighted by Gasteiger charge is 2.42. The quantitative estimate of drug-likeness (QED) is 0.574. The number of hydrogen-bond acceptors (Lipinski definition) is 5. The van der Waals surface area contributed by atoms with Gasteiger partial charge in [0.1, 0.15) is 11.6 Å². The van der Waals surface area contributed by atoms with Crippen molar-refractivity contribution in [1.29, 1.82) is 0 Å². The summed E-state index contributed by atoms with van der Waals surface area (Å²) in [6.45, 7) is -0.285. The number of carbonyl (C=O) groups excluding carboxylic acids is 3. The smallest absolute Gasteiger partial charge is 0.262 e. The molecule has 0 unspecified atom stereocenters. The number of amides is 1. The molecule has 0 saturated heterocycles. The zero-order chi connectivity index (χ0) is 25.4. The maximum atomic E-state index is 13.1. The van der Waals surface area contributed by atoms with Gasteiger partial charge >= 0.3 is 0 Å². The van der Waals surface area contributed by atoms with E-state index in [2.05, 4.69) is 10.2 Å². The molecule has 8 heteroatoms. The molecule has 1 heterocycles. The van der Waals surface area contributed by atoms with Crippen molar-refractivity contribution < 1.29 is 23.5 Å². The summed E-state index contributed by atoms with van der Waals surface area (Å²) in [5.41, 5.74) is 4.61. The first-order chi connectivity index (χ1) is 17.3. The van der Waals surface area contributed by atoms with E-state index in [4.69, 9.17) is 16.3 Å². The van der Waals surface area contributed by atoms with Crippen LogP contribution in [0.3, 0.4) is 0 Å². The van der Waals surface area contributed by atoms with Gasteiger partial charge < -0.3 is 15.0 Å². The third-order valence-electron chi connectivity index (χ3n) is 7.02. The van der Waals surface area contributed by atoms with Gasteiger partial charge in [0, 0.05) is 54.0 Å². The lowest BCUT2D eigenvalue weighted by Crippen LogP contribution is -2.37. The van der Waals surface area contributed by atoms with E-state index in [1.807, 2.05) is 13.1 Å². The molecule has 3 aliphatic rings. The average molecular weight is 509 g/mol. The molecule has 5 rings (SSSR count). The van der Waals surface area contributed by atoms with Gasteiger partial charge in [-0.2, -0.15) is 0 Å². The van der Waals surface area contributed by atoms with Crippen molar-refractivity contribution in [1.82, 2.24) is 4.90 Å². The van der Waals surface area contributed by atoms with E-state index < -0.39 is 17.6 Å². The topological polar surface area (TPSA) is 75.7 Å². The van der Waals surface area contributed by atoms with E-state index in [0.717, 1.165) is 42.6 Å². The van der Waals surface area contributed by atoms with E-state index in [-0.39, 0.29) is 23.2 Å². The summed E-state index contributed by atoms with van der Waals surface area (Å²) >= 11 is 6.55. The summed E-state index contributed by atoms with van der Waals surface area (Å²) in [6.07, 6.45) is 4.15. The third-order valence-corrected chi connectivity index (χ3v) is 7.32. The summed E-state index contributed by atoms with van der Waals surface area (Å²) in [4.78, 5) is 40.5. The summed E-state index contributed by atoms with van der Waals surface area (Å²) in [7, 11) is 1.96. The predicted octanol–water partition coefficient (Wildman–Crippen LogP) is 5.54. The Morgan fingerprint density at radius 1 is 1.00 bits per heavy atom. The first-order valence-electron chi connectivity index (χ1n) is 12.1. The second kappa shape index (κ2) is 9.90. The zero-order valence-electron chi connectivity index (χ0n) is 19.9. The Bertz CT molecular complexity index is 1270. The average Bonchev–Trinajstić information content (AvgIpc) is 2.86. The van der Waals surface area contributed by atoms with Crippen LogP contribution in [0.15, 0.2) is 65.0 Å². The lowest BCUT2D eigenvalue weighted by molar-refractivity contribution is -0.118. The number of benzene rings is 2. The molecule has 0 atom stereocenters. The molecule has 0 spiro atoms. The van der Waals surface area contributed by atoms with Crippen LogP contribution in [-0.2, 0) is 14.4 Å². The molecule has 1 amide bonds. The van der Waals surface area contributed by atoms with Crippen LogP contribution in [0.2, 0.25) is 5.02 Å². The minimum atomic E-state index is -0.444. The second-order valence-electron chi connectivity index (χ2n) is 9.30. The lowest BCUT2D eigenvalue weighted by Gasteiger charge is -2.42. The van der Waals surface area contributed by atoms with Gasteiger partial charge in [-0.25, -0.2) is 4.39 Å². The Balaban J connectivity index is 1.40. The number of allylic oxidation sites excluding steroid dienone is 4. The molecule has 0 saturated carbocycles. The minimum Gasteiger partial charge on any atom is -0.482 e. The highest BCUT2D eigenvalue weighted by Crippen LogP contribution is 2.49. The Hall–Kier alpha value is -3.45. The second-order valence-corrected chi connectivity index (χ2v) is 9.71. The van der Waals surface area contributed by atoms with Gasteiger partial charge in [0.25, 0.3) is 5.91 Å². The predicted molar refractivity (Wildman–Crippen MR) is 134 cm³/mol. The first kappa shape index (κ1) is 24.3. The van der Waals surface area contributed by atoms with Crippen LogP contribution < -0.4 is 10.1 Å². The fourth-order valence-corrected chi connectivity index (χ4v) is 5.62. The van der Waals surface area contributed by atoms with Gasteiger partial charge in [0.15, 0.2) is 18.2 Å². The number of anilines is 1. The Morgan fingerprint density at radius 2 is 1.61 bits per heavy atom. The monoisotopic (exact) mass is 508 g/mol. The Kier molecular flexibility index (Phi) is 6.67. The van der Waals surface area contributed by atoms with Crippen molar-refractivity contribution >= 4 is 34.8 Å². The molecule has 2 aromatic rings. The van der Waals surface area contributed by atoms with Crippen molar-refractivity contribution in [2.75, 3.05) is 19.0 Å². The van der Waals surface area contributed by atoms with Crippen LogP contribution in [0.4, 0.5) is 10.1 Å². The summed E-state index contributed by atoms with van der Waals surface area (Å²) in [6, 6.07) is 10.6. The van der Waals surface area contributed by atoms with Crippen molar-refractivity contribution in [2.24, 2.45) is 0 Å². The van der Waals surface area contributed by atoms with Crippen LogP contribution in [0.25, 0.3) is 0 Å². The van der Waals surface area contributed by atoms with Crippen molar-refractivity contribution in [2.45, 2.75) is 44.4 Å². The van der Waals surface area contributed by atoms with Gasteiger partial charge in [0.2, 0.25) is 0 Å². The van der Waals surface area contributed by atoms with Crippen LogP contribution in [0.1, 0.15) is 50.0 Å². The minimum absolute atomic E-state index is 0.0759. The third kappa shape index (κ3) is 4.55. The van der Waals surface area contributed by atoms with E-state index in [9.17, 15) is 18.8 Å². The van der Waals surface area contributed by atoms with E-state index >= 15 is 0 Å². The van der Waals surface area contributed by atoms with Crippen LogP contribution in [0.5, 0.6) is 5.75 Å². The number of carbonyl (C=O) groups is 3. The normalized spacial score (nSPS) is 18.2. The fourth-order valence-electron chi connectivity index (χ4n) is 5.37. The number of rotatable bonds is 5. The van der Waals surface area contributed by atoms with E-state index in [0.29, 0.717) is 35.4 Å². The molecule has 1 aliphatic heterocycles. The van der Waals surface area contributed by atoms with Crippen LogP contribution in [-0.4, -0.2) is 36.0 Å². The molecule has 0 radical (unpaired) electrons. The van der Waals surface area contributed by atoms with Gasteiger partial charge in [-0.05, 0) is 67.6 Å². The lowest BCUT2D eigenvalue weighted by atomic mass is 9.71. The summed E-state index contributed by atoms with van der Waals surface area (Å²) < 4.78 is 18.7. The zero-order valence-corrected chi connectivity index (χ0v) is 20.7. The summed E-state index contributed by atoms with van der Waals surface area (Å²) in [5.74, 6) is -0.784. The van der Waals surface area contributed by atoms with Crippen molar-refractivity contribution in [3.05, 3.63) is 81.4 Å². The SMILES string of the molecule is CN1C2=C(C(=O)CCC2)C(c2ccc(OCC(=O)Nc3ccc(F)cc3)c(Cl)c2)C2=C1CCCC2=O. The molecule has 2 aliphatic carbocycles. The standard InChI is InChI=1S/C28H26ClFN2O4/c1-32-20-4-2-6-22(33)27(20)26(28-21(32)5-3-7-23(28)34)16-8-13-24(19(29)14-16)36-15-25(35)31-18-11-9-17(30)10-12-18/h8-14,26H,2-7,15H2,1H3,(H,31,35). The van der Waals surface area contributed by atoms with Gasteiger partial charge in [-0.1, -0.05) is 17.7 Å². The highest BCUT2D eigenvalue weighted by molar-refractivity contribution is 6.32. The molecule has 0 fully saturated rings. The maximum Gasteiger partial charge on any atom is 0.262 e. The number of nitrogens with zero attached hydrogens (tertiary/aromatic N) is 1. The number of Topliss-reactive ketones (excluding diaryl/α,β-unsaturated/α-hetero) is 2. The van der Waals surface area contributed by atoms with Crippen LogP contribution in [0, 0.1) is 5.82 Å². The molecule has 2 aromatic carbocycles. The molecule has 1 N–H and O–H groups in total. The number of nitrogens with one attached hydrogen (secondary N) is 1. The number of ether oxygens (including phenoxy) is 1. The Morgan fingerprint density at radius 3 is 2.19 bits per heavy atom. The largest absolute Gasteiger partial charge is 0.482 e. The molecule has 6 nitrogen and oxygen atoms in total. The number of hydrogen-bond donors (Lipinski definition) is 1. The Labute approximate surface area is 213 Å². The first-order valence-corrected chi connectivity index (χ1v) is 12.4. The molecule has 0 bridgehead atoms. The van der Waals surface area contributed by atoms with Crippen molar-refractivity contribution in [3.63, 3.8) is 0 Å². The molecule has 186 valence electrons. The molecular formula is C28H26ClFN2O4. The number of halogens is 2. The highest BCUT2D eigenvalue weighted by atomic mass is 35.5. The van der Waals surface area contributed by atoms with Gasteiger partial charge in [-0.15, -0.1) is 0 Å². The molecule has 36 heavy (non-hydrogen) atoms. The van der Waals surface area contributed by atoms with E-state index in [1.54, 1.807) is 12.1 Å². The maximum absolute atomic E-state index is 13.1. The van der Waals surface area contributed by atoms with Crippen LogP contribution >= 0.6 is 11.6 Å². The summed E-state index contributed by atoms with van der Waals surface area (Å²) in [5, 5.41) is 2.92. The molecule has 0 aromatic heterocycles. The van der Waals surface area contributed by atoms with E-state index in [1.165, 1.54) is 24.3 Å². The number of ketones is 2. The van der Waals surface area contributed by atoms with Gasteiger partial charge in [0.05, 0.1) is 5.02 Å². The molecular weight excluding hydrogens is 483 g/mol.